The average molecular weight is 359 g/mol. The predicted octanol–water partition coefficient (Wildman–Crippen LogP) is 2.42. The van der Waals surface area contributed by atoms with E-state index in [-0.39, 0.29) is 18.2 Å². The van der Waals surface area contributed by atoms with Gasteiger partial charge in [0.2, 0.25) is 0 Å². The van der Waals surface area contributed by atoms with E-state index in [0.29, 0.717) is 19.5 Å². The van der Waals surface area contributed by atoms with E-state index in [2.05, 4.69) is 21.7 Å². The third-order valence-electron chi connectivity index (χ3n) is 4.89. The molecule has 26 heavy (non-hydrogen) atoms. The molecule has 2 N–H and O–H groups in total. The molecule has 0 spiro atoms. The molecule has 1 aliphatic heterocycles. The predicted molar refractivity (Wildman–Crippen MR) is 102 cm³/mol. The van der Waals surface area contributed by atoms with Crippen molar-refractivity contribution in [3.8, 4) is 5.75 Å². The Kier molecular flexibility index (Phi) is 6.75. The van der Waals surface area contributed by atoms with Crippen LogP contribution in [0.25, 0.3) is 0 Å². The lowest BCUT2D eigenvalue weighted by atomic mass is 10.1. The molecule has 0 bridgehead atoms. The van der Waals surface area contributed by atoms with Crippen LogP contribution in [-0.4, -0.2) is 44.3 Å². The molecule has 1 atom stereocenters. The molecule has 142 valence electrons. The highest BCUT2D eigenvalue weighted by Crippen LogP contribution is 2.27. The number of para-hydroxylation sites is 1. The Bertz CT molecular complexity index is 601. The number of carbonyl (C=O) groups excluding carboxylic acids is 1. The van der Waals surface area contributed by atoms with E-state index in [0.717, 1.165) is 37.4 Å². The van der Waals surface area contributed by atoms with Crippen molar-refractivity contribution in [2.45, 2.75) is 57.2 Å². The van der Waals surface area contributed by atoms with E-state index in [1.54, 1.807) is 7.05 Å². The fraction of sp³-hybridized carbons (Fsp3) is 0.600. The van der Waals surface area contributed by atoms with Crippen LogP contribution in [0.2, 0.25) is 0 Å². The molecule has 6 nitrogen and oxygen atoms in total. The summed E-state index contributed by atoms with van der Waals surface area (Å²) in [6, 6.07) is 8.14. The lowest BCUT2D eigenvalue weighted by Crippen LogP contribution is -2.42. The molecule has 0 saturated heterocycles. The van der Waals surface area contributed by atoms with Crippen molar-refractivity contribution >= 4 is 11.9 Å². The lowest BCUT2D eigenvalue weighted by molar-refractivity contribution is -0.148. The van der Waals surface area contributed by atoms with Gasteiger partial charge in [0.15, 0.2) is 5.96 Å². The molecule has 0 radical (unpaired) electrons. The molecule has 1 aliphatic carbocycles. The molecule has 2 aliphatic rings. The second-order valence-corrected chi connectivity index (χ2v) is 6.93. The maximum absolute atomic E-state index is 11.8. The zero-order valence-corrected chi connectivity index (χ0v) is 15.5. The Balaban J connectivity index is 1.28. The van der Waals surface area contributed by atoms with Crippen molar-refractivity contribution in [3.05, 3.63) is 29.8 Å². The zero-order chi connectivity index (χ0) is 18.2. The Labute approximate surface area is 155 Å². The molecular weight excluding hydrogens is 330 g/mol. The number of carbonyl (C=O) groups is 1. The van der Waals surface area contributed by atoms with Gasteiger partial charge in [0, 0.05) is 26.4 Å². The van der Waals surface area contributed by atoms with Crippen LogP contribution in [0.3, 0.4) is 0 Å². The first-order chi connectivity index (χ1) is 12.7. The third kappa shape index (κ3) is 5.38. The van der Waals surface area contributed by atoms with Gasteiger partial charge in [0.1, 0.15) is 18.0 Å². The molecule has 1 fully saturated rings. The van der Waals surface area contributed by atoms with E-state index >= 15 is 0 Å². The summed E-state index contributed by atoms with van der Waals surface area (Å²) in [4.78, 5) is 16.0. The van der Waals surface area contributed by atoms with E-state index in [9.17, 15) is 4.79 Å². The first kappa shape index (κ1) is 18.5. The number of aliphatic imine (C=N–C) groups is 1. The highest BCUT2D eigenvalue weighted by atomic mass is 16.5. The van der Waals surface area contributed by atoms with Crippen molar-refractivity contribution in [3.63, 3.8) is 0 Å². The van der Waals surface area contributed by atoms with E-state index in [1.807, 2.05) is 18.2 Å². The largest absolute Gasteiger partial charge is 0.488 e. The third-order valence-corrected chi connectivity index (χ3v) is 4.89. The number of guanidine groups is 1. The van der Waals surface area contributed by atoms with Gasteiger partial charge in [-0.2, -0.15) is 0 Å². The Hall–Kier alpha value is -2.24. The maximum Gasteiger partial charge on any atom is 0.306 e. The summed E-state index contributed by atoms with van der Waals surface area (Å²) in [5, 5.41) is 6.53. The van der Waals surface area contributed by atoms with Gasteiger partial charge in [0.05, 0.1) is 6.54 Å². The fourth-order valence-electron chi connectivity index (χ4n) is 3.49. The molecule has 0 aromatic heterocycles. The van der Waals surface area contributed by atoms with Gasteiger partial charge < -0.3 is 20.1 Å². The summed E-state index contributed by atoms with van der Waals surface area (Å²) in [5.74, 6) is 1.62. The average Bonchev–Trinajstić information content (AvgIpc) is 3.30. The monoisotopic (exact) mass is 359 g/mol. The minimum Gasteiger partial charge on any atom is -0.488 e. The second kappa shape index (κ2) is 9.46. The number of fused-ring (bicyclic) bond motifs is 1. The highest BCUT2D eigenvalue weighted by Gasteiger charge is 2.22. The van der Waals surface area contributed by atoms with Crippen LogP contribution in [0.15, 0.2) is 29.3 Å². The van der Waals surface area contributed by atoms with Gasteiger partial charge in [0.25, 0.3) is 0 Å². The van der Waals surface area contributed by atoms with Gasteiger partial charge in [-0.3, -0.25) is 9.79 Å². The molecule has 3 rings (SSSR count). The first-order valence-corrected chi connectivity index (χ1v) is 9.63. The number of nitrogens with one attached hydrogen (secondary N) is 2. The minimum absolute atomic E-state index is 0.0845. The number of nitrogens with zero attached hydrogens (tertiary/aromatic N) is 1. The van der Waals surface area contributed by atoms with Crippen molar-refractivity contribution in [1.82, 2.24) is 10.6 Å². The first-order valence-electron chi connectivity index (χ1n) is 9.63. The normalized spacial score (nSPS) is 19.7. The molecule has 1 aromatic carbocycles. The zero-order valence-electron chi connectivity index (χ0n) is 15.5. The van der Waals surface area contributed by atoms with Gasteiger partial charge in [-0.05, 0) is 43.7 Å². The maximum atomic E-state index is 11.8. The number of esters is 1. The van der Waals surface area contributed by atoms with Crippen LogP contribution in [0.1, 0.15) is 44.1 Å². The van der Waals surface area contributed by atoms with Crippen molar-refractivity contribution in [2.24, 2.45) is 4.99 Å². The molecule has 1 unspecified atom stereocenters. The van der Waals surface area contributed by atoms with Crippen LogP contribution < -0.4 is 15.4 Å². The summed E-state index contributed by atoms with van der Waals surface area (Å²) in [7, 11) is 1.74. The van der Waals surface area contributed by atoms with Crippen LogP contribution in [0.5, 0.6) is 5.75 Å². The number of rotatable bonds is 7. The molecule has 1 aromatic rings. The molecule has 1 heterocycles. The number of hydrogen-bond acceptors (Lipinski definition) is 4. The van der Waals surface area contributed by atoms with Crippen LogP contribution >= 0.6 is 0 Å². The van der Waals surface area contributed by atoms with Crippen LogP contribution in [-0.2, 0) is 16.0 Å². The van der Waals surface area contributed by atoms with Crippen molar-refractivity contribution in [1.29, 1.82) is 0 Å². The summed E-state index contributed by atoms with van der Waals surface area (Å²) in [6.45, 7) is 1.38. The number of ether oxygens (including phenoxy) is 2. The molecule has 6 heteroatoms. The lowest BCUT2D eigenvalue weighted by Gasteiger charge is -2.16. The number of hydrogen-bond donors (Lipinski definition) is 2. The van der Waals surface area contributed by atoms with Crippen molar-refractivity contribution in [2.75, 3.05) is 20.1 Å². The molecular formula is C20H29N3O3. The van der Waals surface area contributed by atoms with E-state index in [4.69, 9.17) is 9.47 Å². The van der Waals surface area contributed by atoms with Gasteiger partial charge in [-0.1, -0.05) is 18.2 Å². The fourth-order valence-corrected chi connectivity index (χ4v) is 3.49. The van der Waals surface area contributed by atoms with Crippen LogP contribution in [0, 0.1) is 0 Å². The van der Waals surface area contributed by atoms with E-state index in [1.165, 1.54) is 18.4 Å². The summed E-state index contributed by atoms with van der Waals surface area (Å²) in [6.07, 6.45) is 6.76. The SMILES string of the molecule is CN=C(NCCCC(=O)OC1CCCC1)NCC1Cc2ccccc2O1. The van der Waals surface area contributed by atoms with E-state index < -0.39 is 0 Å². The highest BCUT2D eigenvalue weighted by molar-refractivity contribution is 5.79. The van der Waals surface area contributed by atoms with Crippen LogP contribution in [0.4, 0.5) is 0 Å². The van der Waals surface area contributed by atoms with Gasteiger partial charge in [-0.15, -0.1) is 0 Å². The van der Waals surface area contributed by atoms with Crippen molar-refractivity contribution < 1.29 is 14.3 Å². The van der Waals surface area contributed by atoms with Gasteiger partial charge in [-0.25, -0.2) is 0 Å². The smallest absolute Gasteiger partial charge is 0.306 e. The summed E-state index contributed by atoms with van der Waals surface area (Å²) in [5.41, 5.74) is 1.25. The quantitative estimate of drug-likeness (QED) is 0.339. The summed E-state index contributed by atoms with van der Waals surface area (Å²) >= 11 is 0. The summed E-state index contributed by atoms with van der Waals surface area (Å²) < 4.78 is 11.4. The second-order valence-electron chi connectivity index (χ2n) is 6.93. The Morgan fingerprint density at radius 1 is 1.27 bits per heavy atom. The Morgan fingerprint density at radius 2 is 2.08 bits per heavy atom. The molecule has 0 amide bonds. The van der Waals surface area contributed by atoms with Gasteiger partial charge >= 0.3 is 5.97 Å². The minimum atomic E-state index is -0.0845. The number of benzene rings is 1. The topological polar surface area (TPSA) is 72.0 Å². The standard InChI is InChI=1S/C20H29N3O3/c1-21-20(22-12-6-11-19(24)26-16-8-3-4-9-16)23-14-17-13-15-7-2-5-10-18(15)25-17/h2,5,7,10,16-17H,3-4,6,8-9,11-14H2,1H3,(H2,21,22,23). The molecule has 1 saturated carbocycles. The Morgan fingerprint density at radius 3 is 2.85 bits per heavy atom.